The van der Waals surface area contributed by atoms with Gasteiger partial charge in [0.15, 0.2) is 0 Å². The van der Waals surface area contributed by atoms with Gasteiger partial charge >= 0.3 is 11.9 Å². The van der Waals surface area contributed by atoms with E-state index in [0.717, 1.165) is 57.8 Å². The van der Waals surface area contributed by atoms with Crippen molar-refractivity contribution in [3.63, 3.8) is 0 Å². The summed E-state index contributed by atoms with van der Waals surface area (Å²) >= 11 is 0. The molecule has 3 aliphatic rings. The molecule has 4 rings (SSSR count). The fourth-order valence-electron chi connectivity index (χ4n) is 11.4. The molecule has 6 nitrogen and oxygen atoms in total. The van der Waals surface area contributed by atoms with Gasteiger partial charge in [-0.3, -0.25) is 14.4 Å². The summed E-state index contributed by atoms with van der Waals surface area (Å²) in [5, 5.41) is 12.6. The van der Waals surface area contributed by atoms with Crippen LogP contribution in [-0.2, 0) is 25.5 Å². The molecule has 3 unspecified atom stereocenters. The van der Waals surface area contributed by atoms with Gasteiger partial charge in [0.25, 0.3) is 0 Å². The summed E-state index contributed by atoms with van der Waals surface area (Å²) in [6, 6.07) is 8.60. The van der Waals surface area contributed by atoms with Gasteiger partial charge in [0, 0.05) is 24.3 Å². The van der Waals surface area contributed by atoms with Crippen LogP contribution in [0.2, 0.25) is 0 Å². The topological polar surface area (TPSA) is 92.7 Å². The summed E-state index contributed by atoms with van der Waals surface area (Å²) in [5.41, 5.74) is 2.33. The van der Waals surface area contributed by atoms with Gasteiger partial charge in [-0.15, -0.1) is 0 Å². The Bertz CT molecular complexity index is 1330. The predicted octanol–water partition coefficient (Wildman–Crippen LogP) is 10.7. The minimum Gasteiger partial charge on any atom is -0.481 e. The van der Waals surface area contributed by atoms with E-state index in [9.17, 15) is 19.5 Å². The van der Waals surface area contributed by atoms with Crippen LogP contribution in [0.3, 0.4) is 0 Å². The molecular formula is C45H73NO5. The van der Waals surface area contributed by atoms with Crippen molar-refractivity contribution in [1.29, 1.82) is 0 Å². The summed E-state index contributed by atoms with van der Waals surface area (Å²) in [6.45, 7) is 21.1. The minimum atomic E-state index is -0.828. The first-order chi connectivity index (χ1) is 23.9. The number of benzene rings is 1. The van der Waals surface area contributed by atoms with Crippen molar-refractivity contribution in [2.45, 2.75) is 171 Å². The van der Waals surface area contributed by atoms with Crippen LogP contribution < -0.4 is 5.32 Å². The highest BCUT2D eigenvalue weighted by Gasteiger charge is 2.53. The number of aryl methyl sites for hydroxylation is 1. The lowest BCUT2D eigenvalue weighted by Gasteiger charge is -2.55. The van der Waals surface area contributed by atoms with Gasteiger partial charge in [-0.05, 0) is 129 Å². The molecule has 0 bridgehead atoms. The SMILES string of the molecule is CCCC1[C@H]2CCC[C@@](C)(CCC3C(C)(C)CCC[C@H](OC(=O)CCC(C)(C)CC(=O)O)C3(C)C)C2CC[C@@H]1C(=O)NCCc1cccc(C)c1. The Labute approximate surface area is 311 Å². The Morgan fingerprint density at radius 2 is 1.71 bits per heavy atom. The number of fused-ring (bicyclic) bond motifs is 1. The van der Waals surface area contributed by atoms with E-state index < -0.39 is 11.4 Å². The van der Waals surface area contributed by atoms with Gasteiger partial charge in [-0.2, -0.15) is 0 Å². The highest BCUT2D eigenvalue weighted by atomic mass is 16.5. The maximum absolute atomic E-state index is 13.8. The van der Waals surface area contributed by atoms with E-state index in [1.807, 2.05) is 13.8 Å². The van der Waals surface area contributed by atoms with Crippen LogP contribution >= 0.6 is 0 Å². The smallest absolute Gasteiger partial charge is 0.306 e. The number of rotatable bonds is 15. The van der Waals surface area contributed by atoms with Crippen LogP contribution in [0.1, 0.15) is 163 Å². The highest BCUT2D eigenvalue weighted by Crippen LogP contribution is 2.59. The molecule has 0 radical (unpaired) electrons. The number of nitrogens with one attached hydrogen (secondary N) is 1. The number of aliphatic carboxylic acids is 1. The van der Waals surface area contributed by atoms with E-state index in [2.05, 4.69) is 78.0 Å². The zero-order valence-corrected chi connectivity index (χ0v) is 33.9. The predicted molar refractivity (Wildman–Crippen MR) is 207 cm³/mol. The van der Waals surface area contributed by atoms with E-state index in [-0.39, 0.29) is 53.0 Å². The van der Waals surface area contributed by atoms with E-state index in [0.29, 0.717) is 36.6 Å². The third-order valence-electron chi connectivity index (χ3n) is 14.2. The van der Waals surface area contributed by atoms with Crippen LogP contribution in [0.15, 0.2) is 24.3 Å². The maximum Gasteiger partial charge on any atom is 0.306 e. The van der Waals surface area contributed by atoms with Gasteiger partial charge in [0.2, 0.25) is 5.91 Å². The number of esters is 1. The molecule has 0 saturated heterocycles. The number of ether oxygens (including phenoxy) is 1. The normalized spacial score (nSPS) is 30.5. The Hall–Kier alpha value is -2.37. The Balaban J connectivity index is 1.42. The van der Waals surface area contributed by atoms with E-state index in [1.165, 1.54) is 36.8 Å². The first-order valence-electron chi connectivity index (χ1n) is 20.6. The second kappa shape index (κ2) is 17.2. The second-order valence-electron chi connectivity index (χ2n) is 19.5. The van der Waals surface area contributed by atoms with Crippen molar-refractivity contribution in [2.75, 3.05) is 6.54 Å². The number of hydrogen-bond donors (Lipinski definition) is 2. The van der Waals surface area contributed by atoms with Crippen LogP contribution in [0.5, 0.6) is 0 Å². The van der Waals surface area contributed by atoms with Crippen molar-refractivity contribution in [3.05, 3.63) is 35.4 Å². The van der Waals surface area contributed by atoms with Crippen molar-refractivity contribution in [3.8, 4) is 0 Å². The molecular weight excluding hydrogens is 634 g/mol. The van der Waals surface area contributed by atoms with E-state index in [1.54, 1.807) is 0 Å². The average Bonchev–Trinajstić information content (AvgIpc) is 3.11. The lowest BCUT2D eigenvalue weighted by atomic mass is 9.50. The maximum atomic E-state index is 13.8. The first kappa shape index (κ1) is 41.4. The summed E-state index contributed by atoms with van der Waals surface area (Å²) in [7, 11) is 0. The molecule has 1 aromatic carbocycles. The zero-order chi connectivity index (χ0) is 37.6. The van der Waals surface area contributed by atoms with Crippen molar-refractivity contribution in [2.24, 2.45) is 51.2 Å². The standard InChI is InChI=1S/C45H73NO5/c1-10-14-33-34-17-12-25-45(9,36(34)20-19-35(33)41(50)46-28-23-32-16-11-15-31(2)29-32)27-21-37-43(5,6)24-13-18-38(44(37,7)8)51-40(49)22-26-42(3,4)30-39(47)48/h11,15-16,29,33-38H,10,12-14,17-28,30H2,1-9H3,(H,46,50)(H,47,48)/t33?,34-,35+,36?,37?,38+,45+/m1/s1. The van der Waals surface area contributed by atoms with E-state index in [4.69, 9.17) is 4.74 Å². The van der Waals surface area contributed by atoms with Crippen molar-refractivity contribution >= 4 is 17.8 Å². The first-order valence-corrected chi connectivity index (χ1v) is 20.6. The molecule has 2 N–H and O–H groups in total. The fraction of sp³-hybridized carbons (Fsp3) is 0.800. The molecule has 51 heavy (non-hydrogen) atoms. The van der Waals surface area contributed by atoms with Gasteiger partial charge in [0.1, 0.15) is 6.10 Å². The summed E-state index contributed by atoms with van der Waals surface area (Å²) in [5.74, 6) is 1.51. The molecule has 1 amide bonds. The van der Waals surface area contributed by atoms with Crippen LogP contribution in [-0.4, -0.2) is 35.6 Å². The van der Waals surface area contributed by atoms with Gasteiger partial charge < -0.3 is 15.2 Å². The molecule has 0 spiro atoms. The monoisotopic (exact) mass is 708 g/mol. The van der Waals surface area contributed by atoms with E-state index >= 15 is 0 Å². The quantitative estimate of drug-likeness (QED) is 0.140. The van der Waals surface area contributed by atoms with Crippen molar-refractivity contribution in [1.82, 2.24) is 5.32 Å². The number of carbonyl (C=O) groups is 3. The van der Waals surface area contributed by atoms with Gasteiger partial charge in [0.05, 0.1) is 6.42 Å². The van der Waals surface area contributed by atoms with Crippen LogP contribution in [0, 0.1) is 58.2 Å². The van der Waals surface area contributed by atoms with Crippen LogP contribution in [0.4, 0.5) is 0 Å². The Morgan fingerprint density at radius 3 is 2.39 bits per heavy atom. The number of carboxylic acid groups (broad SMARTS) is 1. The lowest BCUT2D eigenvalue weighted by molar-refractivity contribution is -0.161. The van der Waals surface area contributed by atoms with Crippen molar-refractivity contribution < 1.29 is 24.2 Å². The molecule has 0 aromatic heterocycles. The third kappa shape index (κ3) is 10.6. The van der Waals surface area contributed by atoms with Crippen LogP contribution in [0.25, 0.3) is 0 Å². The summed E-state index contributed by atoms with van der Waals surface area (Å²) in [6.07, 6.45) is 15.1. The molecule has 288 valence electrons. The Kier molecular flexibility index (Phi) is 13.9. The molecule has 3 saturated carbocycles. The number of carboxylic acids is 1. The minimum absolute atomic E-state index is 0.0493. The molecule has 0 aliphatic heterocycles. The van der Waals surface area contributed by atoms with Gasteiger partial charge in [-0.25, -0.2) is 0 Å². The molecule has 3 aliphatic carbocycles. The fourth-order valence-corrected chi connectivity index (χ4v) is 11.4. The number of hydrogen-bond acceptors (Lipinski definition) is 4. The zero-order valence-electron chi connectivity index (χ0n) is 33.9. The second-order valence-corrected chi connectivity index (χ2v) is 19.5. The molecule has 1 aromatic rings. The molecule has 3 fully saturated rings. The molecule has 6 heteroatoms. The highest BCUT2D eigenvalue weighted by molar-refractivity contribution is 5.79. The molecule has 0 heterocycles. The lowest BCUT2D eigenvalue weighted by Crippen LogP contribution is -2.50. The molecule has 7 atom stereocenters. The number of amides is 1. The number of carbonyl (C=O) groups excluding carboxylic acids is 2. The average molecular weight is 708 g/mol. The van der Waals surface area contributed by atoms with Gasteiger partial charge in [-0.1, -0.05) is 98.1 Å². The summed E-state index contributed by atoms with van der Waals surface area (Å²) in [4.78, 5) is 38.3. The largest absolute Gasteiger partial charge is 0.481 e. The Morgan fingerprint density at radius 1 is 0.980 bits per heavy atom. The third-order valence-corrected chi connectivity index (χ3v) is 14.2. The summed E-state index contributed by atoms with van der Waals surface area (Å²) < 4.78 is 6.32.